The molecule has 182 valence electrons. The lowest BCUT2D eigenvalue weighted by molar-refractivity contribution is -0.0890. The van der Waals surface area contributed by atoms with E-state index in [4.69, 9.17) is 9.37 Å². The number of hydrogen-bond acceptors (Lipinski definition) is 6. The van der Waals surface area contributed by atoms with Crippen LogP contribution in [0.1, 0.15) is 54.7 Å². The van der Waals surface area contributed by atoms with Crippen LogP contribution in [0.4, 0.5) is 4.79 Å². The van der Waals surface area contributed by atoms with Crippen molar-refractivity contribution in [3.05, 3.63) is 83.4 Å². The predicted molar refractivity (Wildman–Crippen MR) is 133 cm³/mol. The Labute approximate surface area is 208 Å². The number of ether oxygens (including phenoxy) is 1. The Morgan fingerprint density at radius 3 is 2.28 bits per heavy atom. The lowest BCUT2D eigenvalue weighted by atomic mass is 9.72. The fraction of sp³-hybridized carbons (Fsp3) is 0.345. The number of carbonyl (C=O) groups excluding carboxylic acids is 1. The maximum Gasteiger partial charge on any atom is 0.410 e. The molecule has 1 N–H and O–H groups in total. The van der Waals surface area contributed by atoms with Gasteiger partial charge in [-0.15, -0.1) is 0 Å². The van der Waals surface area contributed by atoms with E-state index >= 15 is 0 Å². The molecule has 2 unspecified atom stereocenters. The van der Waals surface area contributed by atoms with E-state index in [1.807, 2.05) is 35.2 Å². The second-order valence-electron chi connectivity index (χ2n) is 10.4. The van der Waals surface area contributed by atoms with Gasteiger partial charge in [0.25, 0.3) is 0 Å². The molecule has 2 bridgehead atoms. The van der Waals surface area contributed by atoms with E-state index in [1.54, 1.807) is 0 Å². The fourth-order valence-corrected chi connectivity index (χ4v) is 6.70. The molecule has 2 aliphatic heterocycles. The molecule has 36 heavy (non-hydrogen) atoms. The van der Waals surface area contributed by atoms with Crippen LogP contribution in [0.3, 0.4) is 0 Å². The highest BCUT2D eigenvalue weighted by molar-refractivity contribution is 5.79. The first kappa shape index (κ1) is 21.6. The molecule has 3 heterocycles. The summed E-state index contributed by atoms with van der Waals surface area (Å²) in [5, 5.41) is 19.5. The molecule has 4 aromatic rings. The summed E-state index contributed by atoms with van der Waals surface area (Å²) in [4.78, 5) is 15.4. The summed E-state index contributed by atoms with van der Waals surface area (Å²) in [5.74, 6) is 0.0331. The van der Waals surface area contributed by atoms with Crippen LogP contribution in [0.25, 0.3) is 22.2 Å². The first-order valence-corrected chi connectivity index (χ1v) is 12.7. The molecule has 2 saturated heterocycles. The fourth-order valence-electron chi connectivity index (χ4n) is 6.70. The molecule has 1 aromatic heterocycles. The Hall–Kier alpha value is -3.71. The highest BCUT2D eigenvalue weighted by Gasteiger charge is 2.49. The molecule has 1 amide bonds. The van der Waals surface area contributed by atoms with Crippen molar-refractivity contribution < 1.29 is 19.3 Å². The topological polar surface area (TPSA) is 88.7 Å². The van der Waals surface area contributed by atoms with Crippen molar-refractivity contribution in [1.29, 1.82) is 0 Å². The van der Waals surface area contributed by atoms with Crippen LogP contribution in [0.2, 0.25) is 0 Å². The van der Waals surface area contributed by atoms with Crippen molar-refractivity contribution in [2.45, 2.75) is 55.7 Å². The normalized spacial score (nSPS) is 25.0. The second kappa shape index (κ2) is 8.17. The minimum atomic E-state index is -1.02. The number of aliphatic hydroxyl groups is 1. The molecule has 3 aliphatic rings. The highest BCUT2D eigenvalue weighted by atomic mass is 16.6. The molecular formula is C29H27N3O4. The van der Waals surface area contributed by atoms with Crippen LogP contribution < -0.4 is 0 Å². The van der Waals surface area contributed by atoms with Gasteiger partial charge in [-0.3, -0.25) is 0 Å². The zero-order valence-corrected chi connectivity index (χ0v) is 19.8. The zero-order valence-electron chi connectivity index (χ0n) is 19.8. The number of carbonyl (C=O) groups is 1. The maximum absolute atomic E-state index is 13.5. The Balaban J connectivity index is 1.11. The first-order valence-electron chi connectivity index (χ1n) is 12.7. The second-order valence-corrected chi connectivity index (χ2v) is 10.4. The van der Waals surface area contributed by atoms with Gasteiger partial charge < -0.3 is 14.7 Å². The van der Waals surface area contributed by atoms with Gasteiger partial charge >= 0.3 is 6.09 Å². The quantitative estimate of drug-likeness (QED) is 0.423. The van der Waals surface area contributed by atoms with E-state index in [-0.39, 0.29) is 24.1 Å². The molecule has 0 radical (unpaired) electrons. The average molecular weight is 482 g/mol. The number of nitrogens with zero attached hydrogens (tertiary/aromatic N) is 3. The number of amides is 1. The van der Waals surface area contributed by atoms with E-state index in [2.05, 4.69) is 46.7 Å². The molecule has 2 atom stereocenters. The summed E-state index contributed by atoms with van der Waals surface area (Å²) < 4.78 is 10.8. The van der Waals surface area contributed by atoms with Crippen molar-refractivity contribution >= 4 is 17.1 Å². The Kier molecular flexibility index (Phi) is 4.89. The number of aromatic nitrogens is 2. The lowest BCUT2D eigenvalue weighted by Gasteiger charge is -2.51. The molecule has 7 rings (SSSR count). The van der Waals surface area contributed by atoms with E-state index in [1.165, 1.54) is 22.3 Å². The predicted octanol–water partition coefficient (Wildman–Crippen LogP) is 5.38. The van der Waals surface area contributed by atoms with Crippen molar-refractivity contribution in [2.75, 3.05) is 6.61 Å². The van der Waals surface area contributed by atoms with Crippen LogP contribution >= 0.6 is 0 Å². The van der Waals surface area contributed by atoms with Gasteiger partial charge in [-0.25, -0.2) is 9.42 Å². The Morgan fingerprint density at radius 2 is 1.58 bits per heavy atom. The summed E-state index contributed by atoms with van der Waals surface area (Å²) in [6, 6.07) is 22.2. The molecule has 0 spiro atoms. The summed E-state index contributed by atoms with van der Waals surface area (Å²) >= 11 is 0. The monoisotopic (exact) mass is 481 g/mol. The Bertz CT molecular complexity index is 1400. The summed E-state index contributed by atoms with van der Waals surface area (Å²) in [7, 11) is 0. The molecule has 3 aromatic carbocycles. The molecule has 7 nitrogen and oxygen atoms in total. The SMILES string of the molecule is O=C(OCC1c2ccccc2-c2ccccc21)N1C2CCCC1CC(O)(c1ccc3nonc3c1)C2. The van der Waals surface area contributed by atoms with Crippen molar-refractivity contribution in [3.8, 4) is 11.1 Å². The number of fused-ring (bicyclic) bond motifs is 6. The largest absolute Gasteiger partial charge is 0.448 e. The van der Waals surface area contributed by atoms with Gasteiger partial charge in [0.05, 0.1) is 5.60 Å². The summed E-state index contributed by atoms with van der Waals surface area (Å²) in [6.45, 7) is 0.308. The summed E-state index contributed by atoms with van der Waals surface area (Å²) in [6.07, 6.45) is 3.44. The van der Waals surface area contributed by atoms with Gasteiger partial charge in [0.1, 0.15) is 17.6 Å². The molecule has 7 heteroatoms. The van der Waals surface area contributed by atoms with E-state index in [0.29, 0.717) is 30.5 Å². The minimum absolute atomic E-state index is 0.0331. The molecule has 2 fully saturated rings. The smallest absolute Gasteiger partial charge is 0.410 e. The first-order chi connectivity index (χ1) is 17.6. The zero-order chi connectivity index (χ0) is 24.3. The van der Waals surface area contributed by atoms with Gasteiger partial charge in [-0.1, -0.05) is 54.6 Å². The van der Waals surface area contributed by atoms with Crippen LogP contribution in [0, 0.1) is 0 Å². The number of piperidine rings is 2. The maximum atomic E-state index is 13.5. The van der Waals surface area contributed by atoms with E-state index in [0.717, 1.165) is 24.8 Å². The van der Waals surface area contributed by atoms with Crippen molar-refractivity contribution in [1.82, 2.24) is 15.2 Å². The summed E-state index contributed by atoms with van der Waals surface area (Å²) in [5.41, 5.74) is 5.92. The van der Waals surface area contributed by atoms with E-state index in [9.17, 15) is 9.90 Å². The standard InChI is InChI=1S/C29H27N3O4/c33-28(35-17-25-23-10-3-1-8-21(23)22-9-2-4-11-24(22)25)32-19-6-5-7-20(32)16-29(34,15-19)18-12-13-26-27(14-18)31-36-30-26/h1-4,8-14,19-20,25,34H,5-7,15-17H2. The average Bonchev–Trinajstić information content (AvgIpc) is 3.49. The number of benzene rings is 3. The third-order valence-corrected chi connectivity index (χ3v) is 8.35. The van der Waals surface area contributed by atoms with Crippen LogP contribution in [-0.2, 0) is 10.3 Å². The minimum Gasteiger partial charge on any atom is -0.448 e. The van der Waals surface area contributed by atoms with Gasteiger partial charge in [0.2, 0.25) is 0 Å². The number of hydrogen-bond donors (Lipinski definition) is 1. The van der Waals surface area contributed by atoms with Gasteiger partial charge in [-0.2, -0.15) is 0 Å². The lowest BCUT2D eigenvalue weighted by Crippen LogP contribution is -2.59. The van der Waals surface area contributed by atoms with Crippen LogP contribution in [-0.4, -0.2) is 45.1 Å². The Morgan fingerprint density at radius 1 is 0.944 bits per heavy atom. The van der Waals surface area contributed by atoms with Gasteiger partial charge in [0, 0.05) is 30.8 Å². The van der Waals surface area contributed by atoms with Crippen LogP contribution in [0.5, 0.6) is 0 Å². The number of rotatable bonds is 3. The molecule has 0 saturated carbocycles. The highest BCUT2D eigenvalue weighted by Crippen LogP contribution is 2.47. The van der Waals surface area contributed by atoms with E-state index < -0.39 is 5.60 Å². The third kappa shape index (κ3) is 3.33. The van der Waals surface area contributed by atoms with Gasteiger partial charge in [0.15, 0.2) is 0 Å². The molecular weight excluding hydrogens is 454 g/mol. The van der Waals surface area contributed by atoms with Crippen molar-refractivity contribution in [2.24, 2.45) is 0 Å². The van der Waals surface area contributed by atoms with Gasteiger partial charge in [-0.05, 0) is 69.5 Å². The molecule has 1 aliphatic carbocycles. The van der Waals surface area contributed by atoms with Crippen LogP contribution in [0.15, 0.2) is 71.4 Å². The third-order valence-electron chi connectivity index (χ3n) is 8.35. The van der Waals surface area contributed by atoms with Crippen molar-refractivity contribution in [3.63, 3.8) is 0 Å².